The van der Waals surface area contributed by atoms with Gasteiger partial charge in [0.15, 0.2) is 18.1 Å². The van der Waals surface area contributed by atoms with Gasteiger partial charge in [0.1, 0.15) is 11.4 Å². The van der Waals surface area contributed by atoms with Gasteiger partial charge in [0.2, 0.25) is 5.78 Å². The van der Waals surface area contributed by atoms with Crippen LogP contribution >= 0.6 is 0 Å². The van der Waals surface area contributed by atoms with E-state index >= 15 is 0 Å². The monoisotopic (exact) mass is 561 g/mol. The van der Waals surface area contributed by atoms with Crippen LogP contribution in [0.1, 0.15) is 57.8 Å². The van der Waals surface area contributed by atoms with Crippen LogP contribution in [0.3, 0.4) is 0 Å². The van der Waals surface area contributed by atoms with Crippen LogP contribution in [0.15, 0.2) is 65.8 Å². The molecule has 214 valence electrons. The van der Waals surface area contributed by atoms with Gasteiger partial charge in [0.25, 0.3) is 0 Å². The average Bonchev–Trinajstić information content (AvgIpc) is 3.40. The SMILES string of the molecule is CCc1c(C)cn2c3c(nc2c1C(=O)COc1ccc2ccccc2c1CC)CCN=C3c1ccc(OC)c(OC)c1. The third-order valence-electron chi connectivity index (χ3n) is 8.15. The highest BCUT2D eigenvalue weighted by Gasteiger charge is 2.28. The molecule has 7 nitrogen and oxygen atoms in total. The lowest BCUT2D eigenvalue weighted by molar-refractivity contribution is 0.0921. The molecule has 42 heavy (non-hydrogen) atoms. The van der Waals surface area contributed by atoms with E-state index in [2.05, 4.69) is 39.1 Å². The van der Waals surface area contributed by atoms with Crippen molar-refractivity contribution < 1.29 is 19.0 Å². The van der Waals surface area contributed by atoms with Gasteiger partial charge < -0.3 is 14.2 Å². The fourth-order valence-electron chi connectivity index (χ4n) is 6.15. The lowest BCUT2D eigenvalue weighted by atomic mass is 9.98. The van der Waals surface area contributed by atoms with Crippen molar-refractivity contribution in [1.29, 1.82) is 0 Å². The fraction of sp³-hybridized carbons (Fsp3) is 0.286. The highest BCUT2D eigenvalue weighted by molar-refractivity contribution is 6.14. The molecule has 0 N–H and O–H groups in total. The molecular formula is C35H35N3O4. The molecule has 0 saturated carbocycles. The second-order valence-electron chi connectivity index (χ2n) is 10.5. The number of hydrogen-bond acceptors (Lipinski definition) is 6. The Balaban J connectivity index is 1.42. The summed E-state index contributed by atoms with van der Waals surface area (Å²) < 4.78 is 19.3. The van der Waals surface area contributed by atoms with Crippen molar-refractivity contribution in [3.8, 4) is 17.2 Å². The predicted molar refractivity (Wildman–Crippen MR) is 166 cm³/mol. The Labute approximate surface area is 245 Å². The van der Waals surface area contributed by atoms with Crippen LogP contribution in [0.25, 0.3) is 16.4 Å². The second kappa shape index (κ2) is 11.3. The zero-order valence-electron chi connectivity index (χ0n) is 24.8. The minimum Gasteiger partial charge on any atom is -0.493 e. The number of methoxy groups -OCH3 is 2. The van der Waals surface area contributed by atoms with Gasteiger partial charge in [-0.15, -0.1) is 0 Å². The van der Waals surface area contributed by atoms with Crippen molar-refractivity contribution in [2.75, 3.05) is 27.4 Å². The third kappa shape index (κ3) is 4.59. The van der Waals surface area contributed by atoms with Crippen molar-refractivity contribution in [3.05, 3.63) is 100.0 Å². The van der Waals surface area contributed by atoms with Crippen LogP contribution in [0.4, 0.5) is 0 Å². The summed E-state index contributed by atoms with van der Waals surface area (Å²) in [5.41, 5.74) is 7.99. The van der Waals surface area contributed by atoms with E-state index in [0.29, 0.717) is 42.1 Å². The van der Waals surface area contributed by atoms with Gasteiger partial charge in [-0.25, -0.2) is 4.98 Å². The first-order valence-corrected chi connectivity index (χ1v) is 14.5. The van der Waals surface area contributed by atoms with Gasteiger partial charge >= 0.3 is 0 Å². The number of Topliss-reactive ketones (excluding diaryl/α,β-unsaturated/α-hetero) is 1. The first-order chi connectivity index (χ1) is 20.5. The Bertz CT molecular complexity index is 1870. The van der Waals surface area contributed by atoms with Gasteiger partial charge in [-0.2, -0.15) is 0 Å². The molecule has 1 aliphatic heterocycles. The number of ketones is 1. The molecule has 7 heteroatoms. The van der Waals surface area contributed by atoms with E-state index in [-0.39, 0.29) is 12.4 Å². The third-order valence-corrected chi connectivity index (χ3v) is 8.15. The molecule has 0 amide bonds. The van der Waals surface area contributed by atoms with Crippen molar-refractivity contribution >= 4 is 27.9 Å². The van der Waals surface area contributed by atoms with Crippen LogP contribution < -0.4 is 14.2 Å². The zero-order chi connectivity index (χ0) is 29.4. The summed E-state index contributed by atoms with van der Waals surface area (Å²) in [4.78, 5) is 24.0. The van der Waals surface area contributed by atoms with E-state index < -0.39 is 0 Å². The van der Waals surface area contributed by atoms with Crippen LogP contribution in [-0.2, 0) is 19.3 Å². The normalized spacial score (nSPS) is 12.7. The van der Waals surface area contributed by atoms with Crippen molar-refractivity contribution in [2.24, 2.45) is 4.99 Å². The molecule has 1 aliphatic rings. The summed E-state index contributed by atoms with van der Waals surface area (Å²) in [6, 6.07) is 18.1. The maximum absolute atomic E-state index is 14.0. The van der Waals surface area contributed by atoms with Gasteiger partial charge in [-0.05, 0) is 65.9 Å². The number of aliphatic imine (C=N–C) groups is 1. The number of benzene rings is 3. The maximum Gasteiger partial charge on any atom is 0.204 e. The van der Waals surface area contributed by atoms with Crippen LogP contribution in [0, 0.1) is 6.92 Å². The number of rotatable bonds is 9. The Hall–Kier alpha value is -4.65. The Morgan fingerprint density at radius 3 is 2.45 bits per heavy atom. The standard InChI is InChI=1S/C35H35N3O4/c1-6-24-21(3)19-38-34-27(16-17-36-33(34)23-13-15-30(40-4)31(18-23)41-5)37-35(38)32(24)28(39)20-42-29-14-12-22-10-8-9-11-26(22)25(29)7-2/h8-15,18-19H,6-7,16-17,20H2,1-5H3. The number of carbonyl (C=O) groups is 1. The molecule has 0 saturated heterocycles. The van der Waals surface area contributed by atoms with E-state index in [1.807, 2.05) is 46.9 Å². The first kappa shape index (κ1) is 27.5. The molecule has 3 heterocycles. The number of aromatic nitrogens is 2. The Morgan fingerprint density at radius 1 is 0.929 bits per heavy atom. The number of ether oxygens (including phenoxy) is 3. The van der Waals surface area contributed by atoms with Crippen molar-refractivity contribution in [3.63, 3.8) is 0 Å². The lowest BCUT2D eigenvalue weighted by Gasteiger charge is -2.17. The van der Waals surface area contributed by atoms with Gasteiger partial charge in [0.05, 0.1) is 36.9 Å². The number of aryl methyl sites for hydroxylation is 2. The number of imidazole rings is 1. The lowest BCUT2D eigenvalue weighted by Crippen LogP contribution is -2.18. The molecule has 0 unspecified atom stereocenters. The maximum atomic E-state index is 14.0. The number of nitrogens with zero attached hydrogens (tertiary/aromatic N) is 3. The predicted octanol–water partition coefficient (Wildman–Crippen LogP) is 6.59. The molecule has 2 aromatic heterocycles. The van der Waals surface area contributed by atoms with E-state index in [0.717, 1.165) is 62.3 Å². The summed E-state index contributed by atoms with van der Waals surface area (Å²) in [6.45, 7) is 6.80. The summed E-state index contributed by atoms with van der Waals surface area (Å²) in [5.74, 6) is 1.96. The van der Waals surface area contributed by atoms with E-state index in [9.17, 15) is 4.79 Å². The Kier molecular flexibility index (Phi) is 7.42. The van der Waals surface area contributed by atoms with Crippen LogP contribution in [0.2, 0.25) is 0 Å². The quantitative estimate of drug-likeness (QED) is 0.190. The van der Waals surface area contributed by atoms with Crippen LogP contribution in [-0.4, -0.2) is 48.3 Å². The number of fused-ring (bicyclic) bond motifs is 4. The molecule has 5 aromatic rings. The molecule has 3 aromatic carbocycles. The number of hydrogen-bond donors (Lipinski definition) is 0. The van der Waals surface area contributed by atoms with Crippen molar-refractivity contribution in [2.45, 2.75) is 40.0 Å². The van der Waals surface area contributed by atoms with E-state index in [4.69, 9.17) is 24.2 Å². The first-order valence-electron chi connectivity index (χ1n) is 14.5. The smallest absolute Gasteiger partial charge is 0.204 e. The largest absolute Gasteiger partial charge is 0.493 e. The minimum atomic E-state index is -0.0808. The van der Waals surface area contributed by atoms with Crippen LogP contribution in [0.5, 0.6) is 17.2 Å². The molecule has 0 fully saturated rings. The molecule has 0 bridgehead atoms. The highest BCUT2D eigenvalue weighted by atomic mass is 16.5. The van der Waals surface area contributed by atoms with E-state index in [1.54, 1.807) is 14.2 Å². The Morgan fingerprint density at radius 2 is 1.69 bits per heavy atom. The summed E-state index contributed by atoms with van der Waals surface area (Å²) in [7, 11) is 3.25. The van der Waals surface area contributed by atoms with E-state index in [1.165, 1.54) is 0 Å². The molecule has 0 atom stereocenters. The average molecular weight is 562 g/mol. The van der Waals surface area contributed by atoms with Crippen molar-refractivity contribution in [1.82, 2.24) is 9.38 Å². The molecule has 6 rings (SSSR count). The highest BCUT2D eigenvalue weighted by Crippen LogP contribution is 2.33. The molecule has 0 aliphatic carbocycles. The van der Waals surface area contributed by atoms with Gasteiger partial charge in [0, 0.05) is 30.3 Å². The summed E-state index contributed by atoms with van der Waals surface area (Å²) >= 11 is 0. The minimum absolute atomic E-state index is 0.0639. The molecule has 0 radical (unpaired) electrons. The second-order valence-corrected chi connectivity index (χ2v) is 10.5. The summed E-state index contributed by atoms with van der Waals surface area (Å²) in [5, 5.41) is 2.32. The topological polar surface area (TPSA) is 74.4 Å². The zero-order valence-corrected chi connectivity index (χ0v) is 24.8. The molecule has 0 spiro atoms. The van der Waals surface area contributed by atoms with Gasteiger partial charge in [-0.1, -0.05) is 44.2 Å². The van der Waals surface area contributed by atoms with Gasteiger partial charge in [-0.3, -0.25) is 14.2 Å². The number of pyridine rings is 1. The number of carbonyl (C=O) groups excluding carboxylic acids is 1. The molecular weight excluding hydrogens is 526 g/mol. The summed E-state index contributed by atoms with van der Waals surface area (Å²) in [6.07, 6.45) is 4.31. The fourth-order valence-corrected chi connectivity index (χ4v) is 6.15.